The van der Waals surface area contributed by atoms with Gasteiger partial charge in [-0.15, -0.1) is 24.8 Å². The molecule has 0 bridgehead atoms. The molecule has 9 heteroatoms. The topological polar surface area (TPSA) is 87.5 Å². The Bertz CT molecular complexity index is 852. The summed E-state index contributed by atoms with van der Waals surface area (Å²) in [5.74, 6) is 0.0593. The largest absolute Gasteiger partial charge is 0.375 e. The van der Waals surface area contributed by atoms with Gasteiger partial charge in [0, 0.05) is 45.4 Å². The maximum Gasteiger partial charge on any atom is 0.249 e. The van der Waals surface area contributed by atoms with E-state index in [-0.39, 0.29) is 42.9 Å². The van der Waals surface area contributed by atoms with Gasteiger partial charge >= 0.3 is 0 Å². The number of piperidine rings is 1. The molecule has 3 N–H and O–H groups in total. The van der Waals surface area contributed by atoms with E-state index in [2.05, 4.69) is 39.1 Å². The van der Waals surface area contributed by atoms with E-state index in [0.29, 0.717) is 6.54 Å². The lowest BCUT2D eigenvalue weighted by Crippen LogP contribution is -2.58. The van der Waals surface area contributed by atoms with Crippen molar-refractivity contribution >= 4 is 30.7 Å². The summed E-state index contributed by atoms with van der Waals surface area (Å²) < 4.78 is 5.15. The van der Waals surface area contributed by atoms with Crippen molar-refractivity contribution < 1.29 is 9.53 Å². The van der Waals surface area contributed by atoms with E-state index < -0.39 is 0 Å². The Balaban J connectivity index is 0.00000171. The zero-order valence-electron chi connectivity index (χ0n) is 18.0. The second-order valence-corrected chi connectivity index (χ2v) is 8.12. The van der Waals surface area contributed by atoms with Gasteiger partial charge in [-0.2, -0.15) is 0 Å². The number of aromatic nitrogens is 2. The summed E-state index contributed by atoms with van der Waals surface area (Å²) in [4.78, 5) is 25.3. The van der Waals surface area contributed by atoms with Gasteiger partial charge in [0.1, 0.15) is 6.61 Å². The fourth-order valence-electron chi connectivity index (χ4n) is 4.94. The van der Waals surface area contributed by atoms with Crippen LogP contribution in [0.4, 0.5) is 0 Å². The number of ether oxygens (including phenoxy) is 1. The summed E-state index contributed by atoms with van der Waals surface area (Å²) >= 11 is 0. The lowest BCUT2D eigenvalue weighted by molar-refractivity contribution is -0.146. The van der Waals surface area contributed by atoms with Crippen LogP contribution in [-0.2, 0) is 34.5 Å². The molecule has 0 radical (unpaired) electrons. The Hall–Kier alpha value is -1.64. The van der Waals surface area contributed by atoms with E-state index >= 15 is 0 Å². The number of H-pyrrole nitrogens is 1. The van der Waals surface area contributed by atoms with Crippen molar-refractivity contribution in [3.05, 3.63) is 53.1 Å². The second kappa shape index (κ2) is 11.3. The minimum atomic E-state index is -0.318. The number of rotatable bonds is 6. The van der Waals surface area contributed by atoms with Gasteiger partial charge in [0.2, 0.25) is 5.91 Å². The summed E-state index contributed by atoms with van der Waals surface area (Å²) in [6.45, 7) is 4.31. The van der Waals surface area contributed by atoms with Gasteiger partial charge in [-0.05, 0) is 36.9 Å². The predicted octanol–water partition coefficient (Wildman–Crippen LogP) is 2.28. The molecule has 0 unspecified atom stereocenters. The van der Waals surface area contributed by atoms with Gasteiger partial charge in [0.15, 0.2) is 0 Å². The third kappa shape index (κ3) is 5.23. The van der Waals surface area contributed by atoms with Crippen LogP contribution in [0.15, 0.2) is 30.6 Å². The van der Waals surface area contributed by atoms with Gasteiger partial charge in [-0.3, -0.25) is 9.69 Å². The van der Waals surface area contributed by atoms with E-state index in [4.69, 9.17) is 10.5 Å². The molecule has 0 atom stereocenters. The molecule has 0 aliphatic carbocycles. The van der Waals surface area contributed by atoms with Crippen molar-refractivity contribution in [2.75, 3.05) is 39.9 Å². The molecule has 0 saturated carbocycles. The molecule has 1 fully saturated rings. The number of nitrogens with one attached hydrogen (secondary N) is 1. The molecular weight excluding hydrogens is 437 g/mol. The molecule has 1 spiro atoms. The molecule has 172 valence electrons. The molecule has 1 saturated heterocycles. The average Bonchev–Trinajstić information content (AvgIpc) is 3.21. The zero-order chi connectivity index (χ0) is 20.3. The number of nitrogens with two attached hydrogens (primary N) is 1. The van der Waals surface area contributed by atoms with Crippen molar-refractivity contribution in [1.82, 2.24) is 19.8 Å². The molecule has 2 aromatic rings. The summed E-state index contributed by atoms with van der Waals surface area (Å²) in [6, 6.07) is 8.71. The summed E-state index contributed by atoms with van der Waals surface area (Å²) in [5, 5.41) is 0. The molecule has 7 nitrogen and oxygen atoms in total. The van der Waals surface area contributed by atoms with Crippen LogP contribution in [0.1, 0.15) is 35.4 Å². The van der Waals surface area contributed by atoms with Crippen LogP contribution >= 0.6 is 24.8 Å². The minimum absolute atomic E-state index is 0. The first-order valence-corrected chi connectivity index (χ1v) is 10.5. The number of aromatic amines is 1. The molecule has 4 rings (SSSR count). The van der Waals surface area contributed by atoms with Crippen LogP contribution in [0.3, 0.4) is 0 Å². The standard InChI is InChI=1S/C22H31N5O2.2ClH/c1-29-15-20(28)27-10-6-19-21(25-16-24-19)22(27)7-11-26(12-8-22)14-18-4-2-3-17(13-18)5-9-23;;/h2-4,13,16H,5-12,14-15,23H2,1H3,(H,24,25);2*1H. The number of amides is 1. The lowest BCUT2D eigenvalue weighted by Gasteiger charge is -2.50. The van der Waals surface area contributed by atoms with Gasteiger partial charge in [0.25, 0.3) is 0 Å². The van der Waals surface area contributed by atoms with Gasteiger partial charge in [-0.1, -0.05) is 24.3 Å². The van der Waals surface area contributed by atoms with Crippen LogP contribution in [0, 0.1) is 0 Å². The number of methoxy groups -OCH3 is 1. The quantitative estimate of drug-likeness (QED) is 0.677. The van der Waals surface area contributed by atoms with Gasteiger partial charge in [-0.25, -0.2) is 4.98 Å². The van der Waals surface area contributed by atoms with Crippen LogP contribution in [0.5, 0.6) is 0 Å². The fraction of sp³-hybridized carbons (Fsp3) is 0.545. The smallest absolute Gasteiger partial charge is 0.249 e. The fourth-order valence-corrected chi connectivity index (χ4v) is 4.94. The Morgan fingerprint density at radius 3 is 2.68 bits per heavy atom. The molecular formula is C22H33Cl2N5O2. The highest BCUT2D eigenvalue weighted by molar-refractivity contribution is 5.85. The summed E-state index contributed by atoms with van der Waals surface area (Å²) in [6.07, 6.45) is 5.29. The number of likely N-dealkylation sites (tertiary alicyclic amines) is 1. The zero-order valence-corrected chi connectivity index (χ0v) is 19.6. The minimum Gasteiger partial charge on any atom is -0.375 e. The molecule has 1 aromatic carbocycles. The highest BCUT2D eigenvalue weighted by Crippen LogP contribution is 2.42. The first-order valence-electron chi connectivity index (χ1n) is 10.5. The average molecular weight is 470 g/mol. The van der Waals surface area contributed by atoms with E-state index in [1.54, 1.807) is 13.4 Å². The van der Waals surface area contributed by atoms with Crippen molar-refractivity contribution in [3.63, 3.8) is 0 Å². The van der Waals surface area contributed by atoms with E-state index in [0.717, 1.165) is 57.6 Å². The number of fused-ring (bicyclic) bond motifs is 2. The molecule has 31 heavy (non-hydrogen) atoms. The first-order chi connectivity index (χ1) is 14.2. The highest BCUT2D eigenvalue weighted by atomic mass is 35.5. The highest BCUT2D eigenvalue weighted by Gasteiger charge is 2.48. The maximum atomic E-state index is 12.8. The maximum absolute atomic E-state index is 12.8. The summed E-state index contributed by atoms with van der Waals surface area (Å²) in [5.41, 5.74) is 10.2. The van der Waals surface area contributed by atoms with E-state index in [1.807, 2.05) is 4.90 Å². The van der Waals surface area contributed by atoms with E-state index in [9.17, 15) is 4.79 Å². The molecule has 1 aromatic heterocycles. The molecule has 3 heterocycles. The van der Waals surface area contributed by atoms with Crippen molar-refractivity contribution in [2.24, 2.45) is 5.73 Å². The lowest BCUT2D eigenvalue weighted by atomic mass is 9.78. The Labute approximate surface area is 196 Å². The Kier molecular flexibility index (Phi) is 9.33. The van der Waals surface area contributed by atoms with Crippen LogP contribution < -0.4 is 5.73 Å². The number of hydrogen-bond donors (Lipinski definition) is 2. The van der Waals surface area contributed by atoms with Crippen molar-refractivity contribution in [2.45, 2.75) is 37.8 Å². The third-order valence-corrected chi connectivity index (χ3v) is 6.34. The van der Waals surface area contributed by atoms with Gasteiger partial charge < -0.3 is 20.4 Å². The number of nitrogens with zero attached hydrogens (tertiary/aromatic N) is 3. The molecule has 2 aliphatic heterocycles. The number of benzene rings is 1. The monoisotopic (exact) mass is 469 g/mol. The van der Waals surface area contributed by atoms with Crippen LogP contribution in [0.2, 0.25) is 0 Å². The summed E-state index contributed by atoms with van der Waals surface area (Å²) in [7, 11) is 1.58. The van der Waals surface area contributed by atoms with Crippen LogP contribution in [-0.4, -0.2) is 65.6 Å². The van der Waals surface area contributed by atoms with Crippen molar-refractivity contribution in [1.29, 1.82) is 0 Å². The first kappa shape index (κ1) is 25.6. The van der Waals surface area contributed by atoms with E-state index in [1.165, 1.54) is 16.8 Å². The SMILES string of the molecule is COCC(=O)N1CCc2[nH]cnc2C12CCN(Cc1cccc(CCN)c1)CC2.Cl.Cl. The Morgan fingerprint density at radius 1 is 1.23 bits per heavy atom. The van der Waals surface area contributed by atoms with Gasteiger partial charge in [0.05, 0.1) is 17.6 Å². The molecule has 2 aliphatic rings. The van der Waals surface area contributed by atoms with Crippen molar-refractivity contribution in [3.8, 4) is 0 Å². The van der Waals surface area contributed by atoms with Crippen LogP contribution in [0.25, 0.3) is 0 Å². The second-order valence-electron chi connectivity index (χ2n) is 8.12. The number of halogens is 2. The number of hydrogen-bond acceptors (Lipinski definition) is 5. The predicted molar refractivity (Wildman–Crippen MR) is 126 cm³/mol. The normalized spacial score (nSPS) is 17.5. The molecule has 1 amide bonds. The number of imidazole rings is 1. The number of carbonyl (C=O) groups is 1. The third-order valence-electron chi connectivity index (χ3n) is 6.34. The Morgan fingerprint density at radius 2 is 1.97 bits per heavy atom. The number of carbonyl (C=O) groups excluding carboxylic acids is 1.